The lowest BCUT2D eigenvalue weighted by atomic mass is 10.0. The number of aromatic nitrogens is 1. The van der Waals surface area contributed by atoms with E-state index in [1.807, 2.05) is 48.7 Å². The Morgan fingerprint density at radius 3 is 2.64 bits per heavy atom. The van der Waals surface area contributed by atoms with Crippen LogP contribution in [0.1, 0.15) is 24.0 Å². The van der Waals surface area contributed by atoms with E-state index in [1.54, 1.807) is 0 Å². The van der Waals surface area contributed by atoms with Crippen molar-refractivity contribution in [3.63, 3.8) is 0 Å². The molecular formula is C19H20N2O. The highest BCUT2D eigenvalue weighted by molar-refractivity contribution is 5.88. The van der Waals surface area contributed by atoms with Crippen LogP contribution in [0.5, 0.6) is 0 Å². The van der Waals surface area contributed by atoms with E-state index in [9.17, 15) is 4.79 Å². The van der Waals surface area contributed by atoms with Gasteiger partial charge in [0.25, 0.3) is 0 Å². The van der Waals surface area contributed by atoms with E-state index in [0.717, 1.165) is 16.5 Å². The molecule has 1 aromatic heterocycles. The third kappa shape index (κ3) is 3.19. The van der Waals surface area contributed by atoms with Gasteiger partial charge in [-0.2, -0.15) is 0 Å². The first-order valence-electron chi connectivity index (χ1n) is 7.60. The predicted octanol–water partition coefficient (Wildman–Crippen LogP) is 3.63. The van der Waals surface area contributed by atoms with Gasteiger partial charge in [0.2, 0.25) is 5.91 Å². The number of H-pyrrole nitrogens is 1. The van der Waals surface area contributed by atoms with Gasteiger partial charge < -0.3 is 10.3 Å². The quantitative estimate of drug-likeness (QED) is 0.741. The fourth-order valence-electron chi connectivity index (χ4n) is 2.68. The first-order valence-corrected chi connectivity index (χ1v) is 7.60. The SMILES string of the molecule is C[C@H](CNC(=O)Cc1c[nH]c2ccccc12)c1ccccc1. The fraction of sp³-hybridized carbons (Fsp3) is 0.211. The predicted molar refractivity (Wildman–Crippen MR) is 89.9 cm³/mol. The van der Waals surface area contributed by atoms with E-state index in [2.05, 4.69) is 29.4 Å². The molecule has 2 N–H and O–H groups in total. The Bertz CT molecular complexity index is 761. The summed E-state index contributed by atoms with van der Waals surface area (Å²) in [4.78, 5) is 15.4. The first kappa shape index (κ1) is 14.4. The van der Waals surface area contributed by atoms with Crippen molar-refractivity contribution in [1.29, 1.82) is 0 Å². The minimum Gasteiger partial charge on any atom is -0.361 e. The van der Waals surface area contributed by atoms with Crippen LogP contribution in [-0.2, 0) is 11.2 Å². The second-order valence-electron chi connectivity index (χ2n) is 5.65. The molecule has 1 heterocycles. The molecular weight excluding hydrogens is 272 g/mol. The van der Waals surface area contributed by atoms with Crippen molar-refractivity contribution < 1.29 is 4.79 Å². The Hall–Kier alpha value is -2.55. The molecule has 0 saturated heterocycles. The molecule has 0 unspecified atom stereocenters. The molecule has 3 aromatic rings. The standard InChI is InChI=1S/C19H20N2O/c1-14(15-7-3-2-4-8-15)12-21-19(22)11-16-13-20-18-10-6-5-9-17(16)18/h2-10,13-14,20H,11-12H2,1H3,(H,21,22)/t14-/m1/s1. The number of fused-ring (bicyclic) bond motifs is 1. The van der Waals surface area contributed by atoms with Crippen LogP contribution in [-0.4, -0.2) is 17.4 Å². The number of carbonyl (C=O) groups excluding carboxylic acids is 1. The molecule has 0 bridgehead atoms. The Morgan fingerprint density at radius 1 is 1.09 bits per heavy atom. The van der Waals surface area contributed by atoms with Crippen LogP contribution in [0.2, 0.25) is 0 Å². The van der Waals surface area contributed by atoms with Crippen molar-refractivity contribution >= 4 is 16.8 Å². The molecule has 3 nitrogen and oxygen atoms in total. The number of carbonyl (C=O) groups is 1. The van der Waals surface area contributed by atoms with Crippen molar-refractivity contribution in [2.45, 2.75) is 19.3 Å². The van der Waals surface area contributed by atoms with E-state index < -0.39 is 0 Å². The lowest BCUT2D eigenvalue weighted by molar-refractivity contribution is -0.120. The zero-order valence-electron chi connectivity index (χ0n) is 12.7. The largest absolute Gasteiger partial charge is 0.361 e. The smallest absolute Gasteiger partial charge is 0.224 e. The molecule has 0 aliphatic carbocycles. The maximum atomic E-state index is 12.2. The molecule has 1 amide bonds. The van der Waals surface area contributed by atoms with Crippen LogP contribution in [0.15, 0.2) is 60.8 Å². The van der Waals surface area contributed by atoms with Gasteiger partial charge in [0.1, 0.15) is 0 Å². The average Bonchev–Trinajstić information content (AvgIpc) is 2.97. The van der Waals surface area contributed by atoms with Crippen molar-refractivity contribution in [3.8, 4) is 0 Å². The second-order valence-corrected chi connectivity index (χ2v) is 5.65. The summed E-state index contributed by atoms with van der Waals surface area (Å²) >= 11 is 0. The molecule has 0 aliphatic heterocycles. The summed E-state index contributed by atoms with van der Waals surface area (Å²) in [5.41, 5.74) is 3.36. The summed E-state index contributed by atoms with van der Waals surface area (Å²) in [6.07, 6.45) is 2.33. The van der Waals surface area contributed by atoms with Crippen LogP contribution in [0.4, 0.5) is 0 Å². The van der Waals surface area contributed by atoms with E-state index in [1.165, 1.54) is 5.56 Å². The first-order chi connectivity index (χ1) is 10.7. The maximum absolute atomic E-state index is 12.2. The number of hydrogen-bond acceptors (Lipinski definition) is 1. The average molecular weight is 292 g/mol. The zero-order chi connectivity index (χ0) is 15.4. The zero-order valence-corrected chi connectivity index (χ0v) is 12.7. The molecule has 0 radical (unpaired) electrons. The molecule has 1 atom stereocenters. The van der Waals surface area contributed by atoms with Gasteiger partial charge in [0.15, 0.2) is 0 Å². The molecule has 112 valence electrons. The highest BCUT2D eigenvalue weighted by Crippen LogP contribution is 2.18. The summed E-state index contributed by atoms with van der Waals surface area (Å²) in [5, 5.41) is 4.15. The van der Waals surface area contributed by atoms with Gasteiger partial charge in [-0.15, -0.1) is 0 Å². The van der Waals surface area contributed by atoms with Crippen LogP contribution < -0.4 is 5.32 Å². The molecule has 2 aromatic carbocycles. The third-order valence-electron chi connectivity index (χ3n) is 4.00. The minimum absolute atomic E-state index is 0.0625. The van der Waals surface area contributed by atoms with Gasteiger partial charge in [0, 0.05) is 23.6 Å². The number of benzene rings is 2. The number of amides is 1. The fourth-order valence-corrected chi connectivity index (χ4v) is 2.68. The molecule has 0 fully saturated rings. The van der Waals surface area contributed by atoms with Gasteiger partial charge in [-0.05, 0) is 23.1 Å². The highest BCUT2D eigenvalue weighted by atomic mass is 16.1. The Balaban J connectivity index is 1.59. The van der Waals surface area contributed by atoms with E-state index in [4.69, 9.17) is 0 Å². The highest BCUT2D eigenvalue weighted by Gasteiger charge is 2.10. The van der Waals surface area contributed by atoms with E-state index in [0.29, 0.717) is 18.9 Å². The van der Waals surface area contributed by atoms with Crippen molar-refractivity contribution in [2.75, 3.05) is 6.54 Å². The van der Waals surface area contributed by atoms with Crippen LogP contribution in [0.25, 0.3) is 10.9 Å². The molecule has 22 heavy (non-hydrogen) atoms. The summed E-state index contributed by atoms with van der Waals surface area (Å²) in [5.74, 6) is 0.376. The topological polar surface area (TPSA) is 44.9 Å². The lowest BCUT2D eigenvalue weighted by Crippen LogP contribution is -2.28. The Kier molecular flexibility index (Phi) is 4.24. The second kappa shape index (κ2) is 6.48. The van der Waals surface area contributed by atoms with Crippen LogP contribution in [0.3, 0.4) is 0 Å². The lowest BCUT2D eigenvalue weighted by Gasteiger charge is -2.13. The maximum Gasteiger partial charge on any atom is 0.224 e. The summed E-state index contributed by atoms with van der Waals surface area (Å²) in [6, 6.07) is 18.3. The number of aromatic amines is 1. The number of nitrogens with one attached hydrogen (secondary N) is 2. The monoisotopic (exact) mass is 292 g/mol. The summed E-state index contributed by atoms with van der Waals surface area (Å²) in [6.45, 7) is 2.78. The molecule has 0 aliphatic rings. The molecule has 3 rings (SSSR count). The van der Waals surface area contributed by atoms with Crippen LogP contribution >= 0.6 is 0 Å². The number of hydrogen-bond donors (Lipinski definition) is 2. The molecule has 0 spiro atoms. The molecule has 0 saturated carbocycles. The van der Waals surface area contributed by atoms with E-state index in [-0.39, 0.29) is 5.91 Å². The van der Waals surface area contributed by atoms with Crippen molar-refractivity contribution in [1.82, 2.24) is 10.3 Å². The Morgan fingerprint density at radius 2 is 1.82 bits per heavy atom. The minimum atomic E-state index is 0.0625. The van der Waals surface area contributed by atoms with Gasteiger partial charge >= 0.3 is 0 Å². The normalized spacial score (nSPS) is 12.2. The molecule has 3 heteroatoms. The number of para-hydroxylation sites is 1. The van der Waals surface area contributed by atoms with Crippen LogP contribution in [0, 0.1) is 0 Å². The van der Waals surface area contributed by atoms with Crippen molar-refractivity contribution in [2.24, 2.45) is 0 Å². The van der Waals surface area contributed by atoms with Crippen molar-refractivity contribution in [3.05, 3.63) is 71.9 Å². The van der Waals surface area contributed by atoms with Gasteiger partial charge in [-0.25, -0.2) is 0 Å². The van der Waals surface area contributed by atoms with E-state index >= 15 is 0 Å². The number of rotatable bonds is 5. The Labute approximate surface area is 130 Å². The summed E-state index contributed by atoms with van der Waals surface area (Å²) in [7, 11) is 0. The summed E-state index contributed by atoms with van der Waals surface area (Å²) < 4.78 is 0. The third-order valence-corrected chi connectivity index (χ3v) is 4.00. The van der Waals surface area contributed by atoms with Gasteiger partial charge in [0.05, 0.1) is 6.42 Å². The van der Waals surface area contributed by atoms with Gasteiger partial charge in [-0.3, -0.25) is 4.79 Å². The van der Waals surface area contributed by atoms with Gasteiger partial charge in [-0.1, -0.05) is 55.5 Å².